The van der Waals surface area contributed by atoms with Crippen LogP contribution >= 0.6 is 0 Å². The third-order valence-corrected chi connectivity index (χ3v) is 4.44. The van der Waals surface area contributed by atoms with Crippen molar-refractivity contribution in [2.45, 2.75) is 25.3 Å². The number of rotatable bonds is 8. The molecule has 8 heteroatoms. The zero-order chi connectivity index (χ0) is 19.6. The highest BCUT2D eigenvalue weighted by Crippen LogP contribution is 2.09. The van der Waals surface area contributed by atoms with E-state index in [0.29, 0.717) is 39.1 Å². The molecule has 0 aliphatic carbocycles. The van der Waals surface area contributed by atoms with Gasteiger partial charge in [-0.15, -0.1) is 0 Å². The lowest BCUT2D eigenvalue weighted by Crippen LogP contribution is -2.50. The van der Waals surface area contributed by atoms with E-state index in [0.717, 1.165) is 5.56 Å². The van der Waals surface area contributed by atoms with Gasteiger partial charge in [0.2, 0.25) is 5.91 Å². The van der Waals surface area contributed by atoms with E-state index < -0.39 is 5.97 Å². The van der Waals surface area contributed by atoms with Gasteiger partial charge in [-0.05, 0) is 18.4 Å². The number of hydrogen-bond acceptors (Lipinski definition) is 4. The second-order valence-corrected chi connectivity index (χ2v) is 6.62. The molecule has 8 nitrogen and oxygen atoms in total. The van der Waals surface area contributed by atoms with Crippen molar-refractivity contribution in [2.24, 2.45) is 0 Å². The molecule has 2 N–H and O–H groups in total. The molecule has 1 saturated heterocycles. The second kappa shape index (κ2) is 10.5. The molecule has 0 aromatic heterocycles. The SMILES string of the molecule is CN(CC(=O)N1CCOCC1)C(=O)NC(CCC(=O)O)Cc1ccccc1. The molecule has 0 radical (unpaired) electrons. The van der Waals surface area contributed by atoms with Gasteiger partial charge < -0.3 is 25.0 Å². The van der Waals surface area contributed by atoms with Crippen LogP contribution in [-0.4, -0.2) is 78.8 Å². The number of likely N-dealkylation sites (N-methyl/N-ethyl adjacent to an activating group) is 1. The molecular formula is C19H27N3O5. The van der Waals surface area contributed by atoms with Gasteiger partial charge in [0.25, 0.3) is 0 Å². The summed E-state index contributed by atoms with van der Waals surface area (Å²) < 4.78 is 5.22. The Bertz CT molecular complexity index is 631. The summed E-state index contributed by atoms with van der Waals surface area (Å²) >= 11 is 0. The molecule has 3 amide bonds. The van der Waals surface area contributed by atoms with E-state index in [-0.39, 0.29) is 30.9 Å². The summed E-state index contributed by atoms with van der Waals surface area (Å²) in [6, 6.07) is 8.87. The molecule has 0 bridgehead atoms. The number of aliphatic carboxylic acids is 1. The normalized spacial score (nSPS) is 15.1. The summed E-state index contributed by atoms with van der Waals surface area (Å²) in [5.74, 6) is -1.03. The molecule has 1 fully saturated rings. The summed E-state index contributed by atoms with van der Waals surface area (Å²) in [4.78, 5) is 38.7. The van der Waals surface area contributed by atoms with Crippen molar-refractivity contribution in [3.63, 3.8) is 0 Å². The first-order valence-electron chi connectivity index (χ1n) is 9.08. The predicted octanol–water partition coefficient (Wildman–Crippen LogP) is 0.963. The lowest BCUT2D eigenvalue weighted by Gasteiger charge is -2.29. The van der Waals surface area contributed by atoms with Crippen LogP contribution < -0.4 is 5.32 Å². The lowest BCUT2D eigenvalue weighted by molar-refractivity contribution is -0.137. The summed E-state index contributed by atoms with van der Waals surface area (Å²) in [6.45, 7) is 2.06. The molecule has 1 aromatic rings. The van der Waals surface area contributed by atoms with E-state index in [1.54, 1.807) is 11.9 Å². The molecule has 2 rings (SSSR count). The molecule has 1 aliphatic rings. The van der Waals surface area contributed by atoms with E-state index >= 15 is 0 Å². The highest BCUT2D eigenvalue weighted by atomic mass is 16.5. The van der Waals surface area contributed by atoms with Gasteiger partial charge >= 0.3 is 12.0 Å². The number of morpholine rings is 1. The number of amides is 3. The number of urea groups is 1. The number of nitrogens with zero attached hydrogens (tertiary/aromatic N) is 2. The fourth-order valence-electron chi connectivity index (χ4n) is 2.89. The van der Waals surface area contributed by atoms with Crippen molar-refractivity contribution >= 4 is 17.9 Å². The third-order valence-electron chi connectivity index (χ3n) is 4.44. The van der Waals surface area contributed by atoms with E-state index in [1.807, 2.05) is 30.3 Å². The van der Waals surface area contributed by atoms with Crippen LogP contribution in [0.2, 0.25) is 0 Å². The van der Waals surface area contributed by atoms with Crippen LogP contribution in [0.1, 0.15) is 18.4 Å². The van der Waals surface area contributed by atoms with Gasteiger partial charge in [0.15, 0.2) is 0 Å². The predicted molar refractivity (Wildman–Crippen MR) is 99.4 cm³/mol. The Balaban J connectivity index is 1.90. The Kier molecular flexibility index (Phi) is 8.06. The largest absolute Gasteiger partial charge is 0.481 e. The summed E-state index contributed by atoms with van der Waals surface area (Å²) in [5, 5.41) is 11.8. The number of carbonyl (C=O) groups is 3. The van der Waals surface area contributed by atoms with Crippen LogP contribution in [0.5, 0.6) is 0 Å². The average molecular weight is 377 g/mol. The summed E-state index contributed by atoms with van der Waals surface area (Å²) in [6.07, 6.45) is 0.820. The number of benzene rings is 1. The Morgan fingerprint density at radius 2 is 1.89 bits per heavy atom. The van der Waals surface area contributed by atoms with Crippen LogP contribution in [0.25, 0.3) is 0 Å². The fourth-order valence-corrected chi connectivity index (χ4v) is 2.89. The van der Waals surface area contributed by atoms with Crippen molar-refractivity contribution in [3.05, 3.63) is 35.9 Å². The van der Waals surface area contributed by atoms with Crippen LogP contribution in [0.4, 0.5) is 4.79 Å². The van der Waals surface area contributed by atoms with Crippen molar-refractivity contribution in [1.29, 1.82) is 0 Å². The van der Waals surface area contributed by atoms with Crippen LogP contribution in [0.3, 0.4) is 0 Å². The number of hydrogen-bond donors (Lipinski definition) is 2. The van der Waals surface area contributed by atoms with Gasteiger partial charge in [0, 0.05) is 32.6 Å². The first-order chi connectivity index (χ1) is 13.0. The fraction of sp³-hybridized carbons (Fsp3) is 0.526. The van der Waals surface area contributed by atoms with E-state index in [2.05, 4.69) is 5.32 Å². The standard InChI is InChI=1S/C19H27N3O5/c1-21(14-17(23)22-9-11-27-12-10-22)19(26)20-16(7-8-18(24)25)13-15-5-3-2-4-6-15/h2-6,16H,7-14H2,1H3,(H,20,26)(H,24,25). The molecule has 0 saturated carbocycles. The molecule has 1 heterocycles. The first kappa shape index (κ1) is 20.7. The topological polar surface area (TPSA) is 99.2 Å². The average Bonchev–Trinajstić information content (AvgIpc) is 2.67. The minimum Gasteiger partial charge on any atom is -0.481 e. The Hall–Kier alpha value is -2.61. The molecule has 27 heavy (non-hydrogen) atoms. The third kappa shape index (κ3) is 7.26. The zero-order valence-corrected chi connectivity index (χ0v) is 15.6. The second-order valence-electron chi connectivity index (χ2n) is 6.62. The highest BCUT2D eigenvalue weighted by Gasteiger charge is 2.22. The maximum absolute atomic E-state index is 12.5. The first-order valence-corrected chi connectivity index (χ1v) is 9.08. The lowest BCUT2D eigenvalue weighted by atomic mass is 10.0. The van der Waals surface area contributed by atoms with Gasteiger partial charge in [0.1, 0.15) is 6.54 Å². The number of carboxylic acids is 1. The van der Waals surface area contributed by atoms with Gasteiger partial charge in [-0.2, -0.15) is 0 Å². The number of carbonyl (C=O) groups excluding carboxylic acids is 2. The van der Waals surface area contributed by atoms with Crippen LogP contribution in [-0.2, 0) is 20.7 Å². The smallest absolute Gasteiger partial charge is 0.317 e. The van der Waals surface area contributed by atoms with Gasteiger partial charge in [-0.3, -0.25) is 9.59 Å². The number of ether oxygens (including phenoxy) is 1. The Labute approximate surface area is 159 Å². The van der Waals surface area contributed by atoms with E-state index in [4.69, 9.17) is 9.84 Å². The van der Waals surface area contributed by atoms with Gasteiger partial charge in [-0.1, -0.05) is 30.3 Å². The van der Waals surface area contributed by atoms with Gasteiger partial charge in [0.05, 0.1) is 13.2 Å². The summed E-state index contributed by atoms with van der Waals surface area (Å²) in [5.41, 5.74) is 1.01. The Morgan fingerprint density at radius 1 is 1.22 bits per heavy atom. The molecule has 148 valence electrons. The van der Waals surface area contributed by atoms with Crippen molar-refractivity contribution < 1.29 is 24.2 Å². The number of nitrogens with one attached hydrogen (secondary N) is 1. The highest BCUT2D eigenvalue weighted by molar-refractivity contribution is 5.84. The molecular weight excluding hydrogens is 350 g/mol. The maximum Gasteiger partial charge on any atom is 0.317 e. The quantitative estimate of drug-likeness (QED) is 0.703. The van der Waals surface area contributed by atoms with Crippen molar-refractivity contribution in [3.8, 4) is 0 Å². The van der Waals surface area contributed by atoms with Crippen molar-refractivity contribution in [1.82, 2.24) is 15.1 Å². The molecule has 1 unspecified atom stereocenters. The minimum absolute atomic E-state index is 0.0250. The van der Waals surface area contributed by atoms with Crippen LogP contribution in [0.15, 0.2) is 30.3 Å². The molecule has 0 spiro atoms. The van der Waals surface area contributed by atoms with E-state index in [9.17, 15) is 14.4 Å². The number of carboxylic acid groups (broad SMARTS) is 1. The van der Waals surface area contributed by atoms with Gasteiger partial charge in [-0.25, -0.2) is 4.79 Å². The summed E-state index contributed by atoms with van der Waals surface area (Å²) in [7, 11) is 1.56. The Morgan fingerprint density at radius 3 is 2.52 bits per heavy atom. The van der Waals surface area contributed by atoms with Crippen molar-refractivity contribution in [2.75, 3.05) is 39.9 Å². The molecule has 1 atom stereocenters. The molecule has 1 aromatic carbocycles. The minimum atomic E-state index is -0.904. The monoisotopic (exact) mass is 377 g/mol. The maximum atomic E-state index is 12.5. The van der Waals surface area contributed by atoms with E-state index in [1.165, 1.54) is 4.90 Å². The van der Waals surface area contributed by atoms with Crippen LogP contribution in [0, 0.1) is 0 Å². The zero-order valence-electron chi connectivity index (χ0n) is 15.6. The molecule has 1 aliphatic heterocycles.